The number of nitrogens with zero attached hydrogens (tertiary/aromatic N) is 1. The molecule has 2 aromatic rings. The van der Waals surface area contributed by atoms with E-state index in [2.05, 4.69) is 5.32 Å². The van der Waals surface area contributed by atoms with E-state index in [0.717, 1.165) is 23.9 Å². The van der Waals surface area contributed by atoms with Gasteiger partial charge >= 0.3 is 12.1 Å². The Morgan fingerprint density at radius 2 is 1.90 bits per heavy atom. The van der Waals surface area contributed by atoms with Gasteiger partial charge in [-0.25, -0.2) is 0 Å². The lowest BCUT2D eigenvalue weighted by Crippen LogP contribution is -2.35. The number of nitro groups is 1. The van der Waals surface area contributed by atoms with Crippen molar-refractivity contribution in [3.63, 3.8) is 0 Å². The molecule has 0 aliphatic heterocycles. The molecule has 0 spiro atoms. The number of alkyl halides is 3. The first-order valence-electron chi connectivity index (χ1n) is 8.59. The molecule has 2 rings (SSSR count). The van der Waals surface area contributed by atoms with E-state index in [0.29, 0.717) is 4.88 Å². The number of nitrogens with one attached hydrogen (secondary N) is 2. The summed E-state index contributed by atoms with van der Waals surface area (Å²) in [6, 6.07) is 5.10. The maximum atomic E-state index is 13.2. The monoisotopic (exact) mass is 459 g/mol. The van der Waals surface area contributed by atoms with Crippen molar-refractivity contribution in [2.24, 2.45) is 0 Å². The van der Waals surface area contributed by atoms with E-state index in [1.54, 1.807) is 19.1 Å². The number of ether oxygens (including phenoxy) is 1. The average Bonchev–Trinajstić information content (AvgIpc) is 3.11. The second kappa shape index (κ2) is 9.55. The fourth-order valence-electron chi connectivity index (χ4n) is 2.31. The molecule has 0 bridgehead atoms. The SMILES string of the molecule is Cc1ccc(C(=O)NCC(=O)OC(C)C(=O)Nc2ccc([N+](=O)[O-])cc2C(F)(F)F)s1. The van der Waals surface area contributed by atoms with Gasteiger partial charge in [-0.15, -0.1) is 11.3 Å². The third kappa shape index (κ3) is 6.50. The summed E-state index contributed by atoms with van der Waals surface area (Å²) in [7, 11) is 0. The maximum Gasteiger partial charge on any atom is 0.418 e. The number of non-ortho nitro benzene ring substituents is 1. The number of hydrogen-bond donors (Lipinski definition) is 2. The molecule has 2 amide bonds. The largest absolute Gasteiger partial charge is 0.451 e. The lowest BCUT2D eigenvalue weighted by molar-refractivity contribution is -0.385. The number of anilines is 1. The zero-order valence-electron chi connectivity index (χ0n) is 16.1. The number of carbonyl (C=O) groups is 3. The number of carbonyl (C=O) groups excluding carboxylic acids is 3. The van der Waals surface area contributed by atoms with Crippen molar-refractivity contribution in [1.82, 2.24) is 5.32 Å². The normalized spacial score (nSPS) is 12.0. The van der Waals surface area contributed by atoms with Crippen LogP contribution in [-0.2, 0) is 20.5 Å². The van der Waals surface area contributed by atoms with Crippen LogP contribution >= 0.6 is 11.3 Å². The lowest BCUT2D eigenvalue weighted by Gasteiger charge is -2.17. The highest BCUT2D eigenvalue weighted by atomic mass is 32.1. The maximum absolute atomic E-state index is 13.2. The number of amides is 2. The third-order valence-corrected chi connectivity index (χ3v) is 4.81. The molecule has 13 heteroatoms. The molecule has 166 valence electrons. The first-order chi connectivity index (χ1) is 14.4. The first kappa shape index (κ1) is 23.8. The van der Waals surface area contributed by atoms with E-state index in [9.17, 15) is 37.7 Å². The van der Waals surface area contributed by atoms with Crippen LogP contribution in [0.3, 0.4) is 0 Å². The van der Waals surface area contributed by atoms with Crippen LogP contribution in [0.25, 0.3) is 0 Å². The minimum Gasteiger partial charge on any atom is -0.451 e. The van der Waals surface area contributed by atoms with Crippen molar-refractivity contribution in [2.45, 2.75) is 26.1 Å². The summed E-state index contributed by atoms with van der Waals surface area (Å²) in [6.45, 7) is 2.36. The Morgan fingerprint density at radius 3 is 2.45 bits per heavy atom. The van der Waals surface area contributed by atoms with Crippen molar-refractivity contribution >= 4 is 40.5 Å². The first-order valence-corrected chi connectivity index (χ1v) is 9.40. The number of benzene rings is 1. The van der Waals surface area contributed by atoms with Crippen LogP contribution < -0.4 is 10.6 Å². The van der Waals surface area contributed by atoms with Gasteiger partial charge < -0.3 is 15.4 Å². The molecule has 0 aliphatic carbocycles. The van der Waals surface area contributed by atoms with Gasteiger partial charge in [0.2, 0.25) is 0 Å². The van der Waals surface area contributed by atoms with Crippen molar-refractivity contribution in [3.8, 4) is 0 Å². The Bertz CT molecular complexity index is 1020. The van der Waals surface area contributed by atoms with E-state index in [-0.39, 0.29) is 6.07 Å². The zero-order valence-corrected chi connectivity index (χ0v) is 16.9. The van der Waals surface area contributed by atoms with E-state index >= 15 is 0 Å². The lowest BCUT2D eigenvalue weighted by atomic mass is 10.1. The molecule has 0 fully saturated rings. The molecular weight excluding hydrogens is 443 g/mol. The molecule has 2 N–H and O–H groups in total. The Hall–Kier alpha value is -3.48. The summed E-state index contributed by atoms with van der Waals surface area (Å²) >= 11 is 1.21. The highest BCUT2D eigenvalue weighted by Crippen LogP contribution is 2.37. The fourth-order valence-corrected chi connectivity index (χ4v) is 3.10. The molecule has 1 heterocycles. The molecule has 0 radical (unpaired) electrons. The van der Waals surface area contributed by atoms with Crippen LogP contribution in [0, 0.1) is 17.0 Å². The van der Waals surface area contributed by atoms with Crippen LogP contribution in [0.5, 0.6) is 0 Å². The highest BCUT2D eigenvalue weighted by molar-refractivity contribution is 7.13. The van der Waals surface area contributed by atoms with Crippen LogP contribution in [0.15, 0.2) is 30.3 Å². The predicted molar refractivity (Wildman–Crippen MR) is 104 cm³/mol. The molecule has 31 heavy (non-hydrogen) atoms. The third-order valence-electron chi connectivity index (χ3n) is 3.81. The standard InChI is InChI=1S/C18H16F3N3O6S/c1-9-3-6-14(31-9)17(27)22-8-15(25)30-10(2)16(26)23-13-5-4-11(24(28)29)7-12(13)18(19,20)21/h3-7,10H,8H2,1-2H3,(H,22,27)(H,23,26). The fraction of sp³-hybridized carbons (Fsp3) is 0.278. The summed E-state index contributed by atoms with van der Waals surface area (Å²) in [4.78, 5) is 46.8. The van der Waals surface area contributed by atoms with E-state index in [4.69, 9.17) is 4.74 Å². The van der Waals surface area contributed by atoms with E-state index < -0.39 is 58.5 Å². The van der Waals surface area contributed by atoms with Gasteiger partial charge in [-0.05, 0) is 32.0 Å². The Kier molecular flexibility index (Phi) is 7.33. The smallest absolute Gasteiger partial charge is 0.418 e. The van der Waals surface area contributed by atoms with Crippen LogP contribution in [0.2, 0.25) is 0 Å². The number of halogens is 3. The van der Waals surface area contributed by atoms with Crippen molar-refractivity contribution in [1.29, 1.82) is 0 Å². The minimum atomic E-state index is -4.97. The summed E-state index contributed by atoms with van der Waals surface area (Å²) in [6.07, 6.45) is -6.47. The molecule has 0 saturated carbocycles. The molecule has 1 atom stereocenters. The van der Waals surface area contributed by atoms with E-state index in [1.165, 1.54) is 11.3 Å². The summed E-state index contributed by atoms with van der Waals surface area (Å²) in [5.74, 6) is -2.59. The molecule has 1 aromatic heterocycles. The average molecular weight is 459 g/mol. The second-order valence-corrected chi connectivity index (χ2v) is 7.49. The van der Waals surface area contributed by atoms with Gasteiger partial charge in [0.1, 0.15) is 6.54 Å². The van der Waals surface area contributed by atoms with E-state index in [1.807, 2.05) is 5.32 Å². The number of esters is 1. The van der Waals surface area contributed by atoms with Gasteiger partial charge in [0.15, 0.2) is 6.10 Å². The number of thiophene rings is 1. The highest BCUT2D eigenvalue weighted by Gasteiger charge is 2.36. The van der Waals surface area contributed by atoms with Crippen LogP contribution in [0.1, 0.15) is 27.0 Å². The second-order valence-electron chi connectivity index (χ2n) is 6.20. The molecule has 0 aliphatic rings. The summed E-state index contributed by atoms with van der Waals surface area (Å²) in [5.41, 5.74) is -2.96. The van der Waals surface area contributed by atoms with Crippen molar-refractivity contribution in [3.05, 3.63) is 55.8 Å². The van der Waals surface area contributed by atoms with Gasteiger partial charge in [-0.3, -0.25) is 24.5 Å². The zero-order chi connectivity index (χ0) is 23.3. The topological polar surface area (TPSA) is 128 Å². The molecule has 9 nitrogen and oxygen atoms in total. The number of nitro benzene ring substituents is 1. The minimum absolute atomic E-state index is 0.286. The van der Waals surface area contributed by atoms with Crippen molar-refractivity contribution in [2.75, 3.05) is 11.9 Å². The number of aryl methyl sites for hydroxylation is 1. The van der Waals surface area contributed by atoms with Gasteiger partial charge in [0, 0.05) is 17.0 Å². The summed E-state index contributed by atoms with van der Waals surface area (Å²) < 4.78 is 44.3. The Morgan fingerprint density at radius 1 is 1.23 bits per heavy atom. The number of rotatable bonds is 7. The van der Waals surface area contributed by atoms with Gasteiger partial charge in [-0.1, -0.05) is 0 Å². The molecular formula is C18H16F3N3O6S. The molecule has 1 unspecified atom stereocenters. The predicted octanol–water partition coefficient (Wildman–Crippen LogP) is 3.28. The van der Waals surface area contributed by atoms with Gasteiger partial charge in [-0.2, -0.15) is 13.2 Å². The van der Waals surface area contributed by atoms with Gasteiger partial charge in [0.05, 0.1) is 21.1 Å². The van der Waals surface area contributed by atoms with Crippen molar-refractivity contribution < 1.29 is 37.2 Å². The summed E-state index contributed by atoms with van der Waals surface area (Å²) in [5, 5.41) is 15.0. The Balaban J connectivity index is 1.98. The van der Waals surface area contributed by atoms with Crippen LogP contribution in [-0.4, -0.2) is 35.4 Å². The van der Waals surface area contributed by atoms with Crippen LogP contribution in [0.4, 0.5) is 24.5 Å². The number of hydrogen-bond acceptors (Lipinski definition) is 7. The van der Waals surface area contributed by atoms with Gasteiger partial charge in [0.25, 0.3) is 17.5 Å². The quantitative estimate of drug-likeness (QED) is 0.372. The Labute approximate surface area is 177 Å². The molecule has 1 aromatic carbocycles. The molecule has 0 saturated heterocycles.